The van der Waals surface area contributed by atoms with Crippen LogP contribution in [0.5, 0.6) is 5.75 Å². The summed E-state index contributed by atoms with van der Waals surface area (Å²) in [6, 6.07) is 22.5. The zero-order valence-electron chi connectivity index (χ0n) is 18.0. The van der Waals surface area contributed by atoms with Crippen molar-refractivity contribution in [1.29, 1.82) is 0 Å². The first kappa shape index (κ1) is 21.1. The van der Waals surface area contributed by atoms with E-state index in [2.05, 4.69) is 41.4 Å². The molecule has 0 spiro atoms. The van der Waals surface area contributed by atoms with Gasteiger partial charge in [0.2, 0.25) is 0 Å². The summed E-state index contributed by atoms with van der Waals surface area (Å²) in [6.45, 7) is 2.15. The Labute approximate surface area is 186 Å². The van der Waals surface area contributed by atoms with Crippen molar-refractivity contribution in [2.45, 2.75) is 13.3 Å². The van der Waals surface area contributed by atoms with Gasteiger partial charge < -0.3 is 9.84 Å². The van der Waals surface area contributed by atoms with Gasteiger partial charge in [0.15, 0.2) is 0 Å². The molecule has 3 aromatic carbocycles. The molecule has 0 aliphatic rings. The number of nitrogens with one attached hydrogen (secondary N) is 1. The molecule has 1 heterocycles. The third-order valence-electron chi connectivity index (χ3n) is 5.43. The number of H-pyrrole nitrogens is 1. The standard InChI is InChI=1S/C27H24N2O3/c1-3-23(18-7-5-4-6-8-18)27(20-11-13-24-22(15-20)17-28-29-24)21-10-9-19(12-14-26(30)31)25(16-21)32-2/h4-17H,3H2,1-2H3,(H,28,29)(H,30,31). The van der Waals surface area contributed by atoms with Crippen LogP contribution in [0.25, 0.3) is 28.1 Å². The van der Waals surface area contributed by atoms with Crippen LogP contribution >= 0.6 is 0 Å². The molecule has 4 rings (SSSR count). The number of fused-ring (bicyclic) bond motifs is 1. The fourth-order valence-electron chi connectivity index (χ4n) is 3.94. The van der Waals surface area contributed by atoms with E-state index in [-0.39, 0.29) is 0 Å². The molecule has 2 N–H and O–H groups in total. The molecule has 5 nitrogen and oxygen atoms in total. The van der Waals surface area contributed by atoms with Crippen LogP contribution in [0.15, 0.2) is 79.0 Å². The van der Waals surface area contributed by atoms with E-state index in [4.69, 9.17) is 9.84 Å². The third kappa shape index (κ3) is 4.32. The van der Waals surface area contributed by atoms with E-state index >= 15 is 0 Å². The average Bonchev–Trinajstić information content (AvgIpc) is 3.29. The van der Waals surface area contributed by atoms with Gasteiger partial charge in [-0.3, -0.25) is 5.10 Å². The molecule has 4 aromatic rings. The minimum atomic E-state index is -0.998. The molecule has 0 atom stereocenters. The minimum absolute atomic E-state index is 0.616. The van der Waals surface area contributed by atoms with Crippen LogP contribution in [0.1, 0.15) is 35.6 Å². The lowest BCUT2D eigenvalue weighted by Gasteiger charge is -2.18. The number of ether oxygens (including phenoxy) is 1. The monoisotopic (exact) mass is 424 g/mol. The maximum Gasteiger partial charge on any atom is 0.328 e. The average molecular weight is 425 g/mol. The summed E-state index contributed by atoms with van der Waals surface area (Å²) in [5.41, 5.74) is 7.25. The first-order valence-corrected chi connectivity index (χ1v) is 10.4. The molecule has 0 bridgehead atoms. The van der Waals surface area contributed by atoms with E-state index in [9.17, 15) is 4.79 Å². The van der Waals surface area contributed by atoms with Crippen molar-refractivity contribution in [2.24, 2.45) is 0 Å². The summed E-state index contributed by atoms with van der Waals surface area (Å²) in [5.74, 6) is -0.382. The number of carbonyl (C=O) groups is 1. The molecular weight excluding hydrogens is 400 g/mol. The number of hydrogen-bond acceptors (Lipinski definition) is 3. The topological polar surface area (TPSA) is 75.2 Å². The van der Waals surface area contributed by atoms with E-state index < -0.39 is 5.97 Å². The quantitative estimate of drug-likeness (QED) is 0.280. The molecule has 0 fully saturated rings. The second-order valence-corrected chi connectivity index (χ2v) is 7.37. The number of aromatic nitrogens is 2. The van der Waals surface area contributed by atoms with Gasteiger partial charge in [0.1, 0.15) is 5.75 Å². The molecule has 1 aromatic heterocycles. The lowest BCUT2D eigenvalue weighted by molar-refractivity contribution is -0.131. The van der Waals surface area contributed by atoms with E-state index in [1.807, 2.05) is 48.7 Å². The summed E-state index contributed by atoms with van der Waals surface area (Å²) in [5, 5.41) is 17.2. The van der Waals surface area contributed by atoms with Crippen LogP contribution in [-0.2, 0) is 4.79 Å². The maximum atomic E-state index is 11.0. The molecule has 0 amide bonds. The van der Waals surface area contributed by atoms with Crippen LogP contribution in [0, 0.1) is 0 Å². The van der Waals surface area contributed by atoms with Crippen molar-refractivity contribution in [3.63, 3.8) is 0 Å². The number of methoxy groups -OCH3 is 1. The summed E-state index contributed by atoms with van der Waals surface area (Å²) in [4.78, 5) is 11.0. The Hall–Kier alpha value is -4.12. The van der Waals surface area contributed by atoms with Gasteiger partial charge in [0.25, 0.3) is 0 Å². The zero-order chi connectivity index (χ0) is 22.5. The van der Waals surface area contributed by atoms with E-state index in [1.54, 1.807) is 13.2 Å². The molecule has 0 radical (unpaired) electrons. The van der Waals surface area contributed by atoms with E-state index in [0.29, 0.717) is 11.3 Å². The predicted molar refractivity (Wildman–Crippen MR) is 128 cm³/mol. The van der Waals surface area contributed by atoms with Crippen LogP contribution in [-0.4, -0.2) is 28.4 Å². The SMILES string of the molecule is CCC(=C(c1ccc(C=CC(=O)O)c(OC)c1)c1ccc2[nH]ncc2c1)c1ccccc1. The summed E-state index contributed by atoms with van der Waals surface area (Å²) in [6.07, 6.45) is 5.32. The van der Waals surface area contributed by atoms with Gasteiger partial charge in [-0.15, -0.1) is 0 Å². The van der Waals surface area contributed by atoms with Gasteiger partial charge in [-0.1, -0.05) is 55.5 Å². The largest absolute Gasteiger partial charge is 0.496 e. The molecule has 0 saturated carbocycles. The Morgan fingerprint density at radius 1 is 1.03 bits per heavy atom. The van der Waals surface area contributed by atoms with E-state index in [1.165, 1.54) is 5.57 Å². The third-order valence-corrected chi connectivity index (χ3v) is 5.43. The molecule has 0 aliphatic heterocycles. The Kier molecular flexibility index (Phi) is 6.17. The van der Waals surface area contributed by atoms with Crippen molar-refractivity contribution in [3.05, 3.63) is 101 Å². The van der Waals surface area contributed by atoms with Gasteiger partial charge in [-0.25, -0.2) is 4.79 Å². The summed E-state index contributed by atoms with van der Waals surface area (Å²) in [7, 11) is 1.59. The zero-order valence-corrected chi connectivity index (χ0v) is 18.0. The van der Waals surface area contributed by atoms with Gasteiger partial charge >= 0.3 is 5.97 Å². The Bertz CT molecular complexity index is 1320. The number of rotatable bonds is 7. The van der Waals surface area contributed by atoms with Crippen molar-refractivity contribution in [3.8, 4) is 5.75 Å². The predicted octanol–water partition coefficient (Wildman–Crippen LogP) is 6.04. The first-order chi connectivity index (χ1) is 15.6. The van der Waals surface area contributed by atoms with Gasteiger partial charge in [0, 0.05) is 17.0 Å². The normalized spacial score (nSPS) is 12.2. The van der Waals surface area contributed by atoms with Crippen molar-refractivity contribution in [2.75, 3.05) is 7.11 Å². The van der Waals surface area contributed by atoms with Crippen LogP contribution in [0.4, 0.5) is 0 Å². The Balaban J connectivity index is 1.95. The highest BCUT2D eigenvalue weighted by Crippen LogP contribution is 2.37. The lowest BCUT2D eigenvalue weighted by Crippen LogP contribution is -1.97. The fourth-order valence-corrected chi connectivity index (χ4v) is 3.94. The fraction of sp³-hybridized carbons (Fsp3) is 0.111. The van der Waals surface area contributed by atoms with E-state index in [0.717, 1.165) is 45.7 Å². The second-order valence-electron chi connectivity index (χ2n) is 7.37. The number of carboxylic acid groups (broad SMARTS) is 1. The van der Waals surface area contributed by atoms with Crippen LogP contribution in [0.3, 0.4) is 0 Å². The highest BCUT2D eigenvalue weighted by Gasteiger charge is 2.15. The van der Waals surface area contributed by atoms with Gasteiger partial charge in [0.05, 0.1) is 18.8 Å². The second kappa shape index (κ2) is 9.35. The molecule has 5 heteroatoms. The minimum Gasteiger partial charge on any atom is -0.496 e. The number of aromatic amines is 1. The smallest absolute Gasteiger partial charge is 0.328 e. The molecule has 0 unspecified atom stereocenters. The molecule has 160 valence electrons. The molecule has 32 heavy (non-hydrogen) atoms. The number of nitrogens with zero attached hydrogens (tertiary/aromatic N) is 1. The molecule has 0 saturated heterocycles. The number of hydrogen-bond donors (Lipinski definition) is 2. The Morgan fingerprint density at radius 2 is 1.78 bits per heavy atom. The number of carboxylic acids is 1. The Morgan fingerprint density at radius 3 is 2.50 bits per heavy atom. The maximum absolute atomic E-state index is 11.0. The van der Waals surface area contributed by atoms with Crippen LogP contribution in [0.2, 0.25) is 0 Å². The highest BCUT2D eigenvalue weighted by atomic mass is 16.5. The number of aliphatic carboxylic acids is 1. The summed E-state index contributed by atoms with van der Waals surface area (Å²) < 4.78 is 5.60. The highest BCUT2D eigenvalue weighted by molar-refractivity contribution is 6.00. The van der Waals surface area contributed by atoms with Crippen molar-refractivity contribution >= 4 is 34.1 Å². The number of benzene rings is 3. The number of allylic oxidation sites excluding steroid dienone is 1. The van der Waals surface area contributed by atoms with Crippen LogP contribution < -0.4 is 4.74 Å². The lowest BCUT2D eigenvalue weighted by atomic mass is 9.87. The first-order valence-electron chi connectivity index (χ1n) is 10.4. The molecule has 0 aliphatic carbocycles. The van der Waals surface area contributed by atoms with Crippen molar-refractivity contribution in [1.82, 2.24) is 10.2 Å². The van der Waals surface area contributed by atoms with Crippen molar-refractivity contribution < 1.29 is 14.6 Å². The van der Waals surface area contributed by atoms with Gasteiger partial charge in [-0.05, 0) is 58.5 Å². The summed E-state index contributed by atoms with van der Waals surface area (Å²) >= 11 is 0. The van der Waals surface area contributed by atoms with Gasteiger partial charge in [-0.2, -0.15) is 5.10 Å². The molecular formula is C27H24N2O3.